The monoisotopic (exact) mass is 328 g/mol. The third-order valence-electron chi connectivity index (χ3n) is 3.11. The predicted molar refractivity (Wildman–Crippen MR) is 95.7 cm³/mol. The maximum Gasteiger partial charge on any atom is 0.274 e. The van der Waals surface area contributed by atoms with Gasteiger partial charge in [-0.15, -0.1) is 0 Å². The maximum atomic E-state index is 12.4. The van der Waals surface area contributed by atoms with Crippen molar-refractivity contribution in [3.8, 4) is 5.75 Å². The molecule has 0 unspecified atom stereocenters. The Morgan fingerprint density at radius 1 is 1.21 bits per heavy atom. The first-order valence-electron chi connectivity index (χ1n) is 8.15. The molecule has 2 N–H and O–H groups in total. The molecule has 0 bridgehead atoms. The van der Waals surface area contributed by atoms with E-state index in [0.29, 0.717) is 23.0 Å². The number of amides is 1. The first-order chi connectivity index (χ1) is 11.5. The van der Waals surface area contributed by atoms with E-state index in [1.807, 2.05) is 26.0 Å². The van der Waals surface area contributed by atoms with Crippen molar-refractivity contribution in [2.24, 2.45) is 0 Å². The molecule has 0 saturated carbocycles. The van der Waals surface area contributed by atoms with E-state index in [1.54, 1.807) is 25.1 Å². The summed E-state index contributed by atoms with van der Waals surface area (Å²) in [6.07, 6.45) is 1.10. The second-order valence-electron chi connectivity index (χ2n) is 5.76. The molecule has 0 radical (unpaired) electrons. The predicted octanol–water partition coefficient (Wildman–Crippen LogP) is 3.65. The van der Waals surface area contributed by atoms with E-state index in [4.69, 9.17) is 4.74 Å². The Labute approximate surface area is 142 Å². The number of aryl methyl sites for hydroxylation is 1. The fourth-order valence-electron chi connectivity index (χ4n) is 2.11. The smallest absolute Gasteiger partial charge is 0.274 e. The molecule has 6 heteroatoms. The molecule has 1 aromatic heterocycles. The minimum atomic E-state index is -0.266. The Kier molecular flexibility index (Phi) is 6.12. The van der Waals surface area contributed by atoms with Crippen LogP contribution in [0.5, 0.6) is 5.75 Å². The van der Waals surface area contributed by atoms with E-state index in [2.05, 4.69) is 27.5 Å². The molecule has 1 aromatic carbocycles. The largest absolute Gasteiger partial charge is 0.491 e. The van der Waals surface area contributed by atoms with Crippen molar-refractivity contribution in [2.75, 3.05) is 17.2 Å². The summed E-state index contributed by atoms with van der Waals surface area (Å²) in [7, 11) is 0. The lowest BCUT2D eigenvalue weighted by Crippen LogP contribution is -2.16. The molecule has 0 spiro atoms. The van der Waals surface area contributed by atoms with Crippen LogP contribution in [0.3, 0.4) is 0 Å². The van der Waals surface area contributed by atoms with Crippen LogP contribution in [0.15, 0.2) is 30.3 Å². The van der Waals surface area contributed by atoms with Crippen LogP contribution in [0.1, 0.15) is 43.5 Å². The molecule has 0 aliphatic rings. The number of hydrogen-bond donors (Lipinski definition) is 2. The molecule has 24 heavy (non-hydrogen) atoms. The summed E-state index contributed by atoms with van der Waals surface area (Å²) >= 11 is 0. The first-order valence-corrected chi connectivity index (χ1v) is 8.15. The van der Waals surface area contributed by atoms with Gasteiger partial charge in [0.15, 0.2) is 0 Å². The minimum Gasteiger partial charge on any atom is -0.491 e. The summed E-state index contributed by atoms with van der Waals surface area (Å²) in [5.74, 6) is 1.72. The lowest BCUT2D eigenvalue weighted by Gasteiger charge is -2.11. The van der Waals surface area contributed by atoms with Gasteiger partial charge in [0, 0.05) is 18.3 Å². The second kappa shape index (κ2) is 8.29. The van der Waals surface area contributed by atoms with Crippen LogP contribution in [-0.2, 0) is 0 Å². The fourth-order valence-corrected chi connectivity index (χ4v) is 2.11. The summed E-state index contributed by atoms with van der Waals surface area (Å²) in [6, 6.07) is 8.93. The molecule has 128 valence electrons. The molecule has 0 aliphatic carbocycles. The number of carbonyl (C=O) groups is 1. The Morgan fingerprint density at radius 3 is 2.54 bits per heavy atom. The SMILES string of the molecule is CCCNc1cc(C(=O)Nc2ccc(OC(C)C)cc2)nc(C)n1. The van der Waals surface area contributed by atoms with E-state index in [0.717, 1.165) is 18.7 Å². The molecule has 1 amide bonds. The molecule has 6 nitrogen and oxygen atoms in total. The van der Waals surface area contributed by atoms with Gasteiger partial charge in [-0.1, -0.05) is 6.92 Å². The van der Waals surface area contributed by atoms with Crippen LogP contribution in [0.2, 0.25) is 0 Å². The number of nitrogens with zero attached hydrogens (tertiary/aromatic N) is 2. The van der Waals surface area contributed by atoms with Crippen molar-refractivity contribution >= 4 is 17.4 Å². The van der Waals surface area contributed by atoms with Gasteiger partial charge in [0.1, 0.15) is 23.1 Å². The van der Waals surface area contributed by atoms with Gasteiger partial charge >= 0.3 is 0 Å². The summed E-state index contributed by atoms with van der Waals surface area (Å²) in [4.78, 5) is 20.9. The van der Waals surface area contributed by atoms with Crippen molar-refractivity contribution in [2.45, 2.75) is 40.2 Å². The van der Waals surface area contributed by atoms with E-state index in [-0.39, 0.29) is 12.0 Å². The standard InChI is InChI=1S/C18H24N4O2/c1-5-10-19-17-11-16(20-13(4)21-17)18(23)22-14-6-8-15(9-7-14)24-12(2)3/h6-9,11-12H,5,10H2,1-4H3,(H,22,23)(H,19,20,21). The Bertz CT molecular complexity index is 684. The summed E-state index contributed by atoms with van der Waals surface area (Å²) in [5.41, 5.74) is 1.03. The average Bonchev–Trinajstić information content (AvgIpc) is 2.53. The number of nitrogens with one attached hydrogen (secondary N) is 2. The molecule has 2 aromatic rings. The Hall–Kier alpha value is -2.63. The van der Waals surface area contributed by atoms with E-state index < -0.39 is 0 Å². The van der Waals surface area contributed by atoms with E-state index in [1.165, 1.54) is 0 Å². The fraction of sp³-hybridized carbons (Fsp3) is 0.389. The number of aromatic nitrogens is 2. The number of hydrogen-bond acceptors (Lipinski definition) is 5. The molecule has 1 heterocycles. The Morgan fingerprint density at radius 2 is 1.92 bits per heavy atom. The molecule has 2 rings (SSSR count). The zero-order valence-corrected chi connectivity index (χ0v) is 14.6. The third-order valence-corrected chi connectivity index (χ3v) is 3.11. The maximum absolute atomic E-state index is 12.4. The normalized spacial score (nSPS) is 10.5. The van der Waals surface area contributed by atoms with Crippen LogP contribution in [0, 0.1) is 6.92 Å². The lowest BCUT2D eigenvalue weighted by atomic mass is 10.2. The van der Waals surface area contributed by atoms with Gasteiger partial charge in [0.05, 0.1) is 6.10 Å². The highest BCUT2D eigenvalue weighted by Crippen LogP contribution is 2.18. The van der Waals surface area contributed by atoms with Crippen molar-refractivity contribution < 1.29 is 9.53 Å². The highest BCUT2D eigenvalue weighted by molar-refractivity contribution is 6.03. The van der Waals surface area contributed by atoms with Gasteiger partial charge in [0.2, 0.25) is 0 Å². The number of carbonyl (C=O) groups excluding carboxylic acids is 1. The van der Waals surface area contributed by atoms with Gasteiger partial charge < -0.3 is 15.4 Å². The number of benzene rings is 1. The summed E-state index contributed by atoms with van der Waals surface area (Å²) < 4.78 is 5.59. The molecule has 0 fully saturated rings. The summed E-state index contributed by atoms with van der Waals surface area (Å²) in [6.45, 7) is 8.58. The lowest BCUT2D eigenvalue weighted by molar-refractivity contribution is 0.102. The van der Waals surface area contributed by atoms with Crippen molar-refractivity contribution in [3.63, 3.8) is 0 Å². The second-order valence-corrected chi connectivity index (χ2v) is 5.76. The van der Waals surface area contributed by atoms with E-state index in [9.17, 15) is 4.79 Å². The van der Waals surface area contributed by atoms with Gasteiger partial charge in [-0.05, 0) is 51.5 Å². The molecule has 0 aliphatic heterocycles. The van der Waals surface area contributed by atoms with Crippen molar-refractivity contribution in [3.05, 3.63) is 41.9 Å². The summed E-state index contributed by atoms with van der Waals surface area (Å²) in [5, 5.41) is 6.01. The van der Waals surface area contributed by atoms with Crippen LogP contribution < -0.4 is 15.4 Å². The first kappa shape index (κ1) is 17.7. The van der Waals surface area contributed by atoms with Crippen LogP contribution >= 0.6 is 0 Å². The van der Waals surface area contributed by atoms with Crippen molar-refractivity contribution in [1.29, 1.82) is 0 Å². The van der Waals surface area contributed by atoms with E-state index >= 15 is 0 Å². The zero-order valence-electron chi connectivity index (χ0n) is 14.6. The highest BCUT2D eigenvalue weighted by Gasteiger charge is 2.11. The van der Waals surface area contributed by atoms with Crippen LogP contribution in [0.25, 0.3) is 0 Å². The van der Waals surface area contributed by atoms with Crippen LogP contribution in [0.4, 0.5) is 11.5 Å². The third kappa shape index (κ3) is 5.22. The number of rotatable bonds is 7. The molecule has 0 atom stereocenters. The van der Waals surface area contributed by atoms with Gasteiger partial charge in [-0.3, -0.25) is 4.79 Å². The highest BCUT2D eigenvalue weighted by atomic mass is 16.5. The number of anilines is 2. The zero-order chi connectivity index (χ0) is 17.5. The van der Waals surface area contributed by atoms with Gasteiger partial charge in [0.25, 0.3) is 5.91 Å². The number of ether oxygens (including phenoxy) is 1. The van der Waals surface area contributed by atoms with Crippen LogP contribution in [-0.4, -0.2) is 28.5 Å². The quantitative estimate of drug-likeness (QED) is 0.811. The molecule has 0 saturated heterocycles. The Balaban J connectivity index is 2.07. The minimum absolute atomic E-state index is 0.114. The van der Waals surface area contributed by atoms with Gasteiger partial charge in [-0.2, -0.15) is 0 Å². The van der Waals surface area contributed by atoms with Gasteiger partial charge in [-0.25, -0.2) is 9.97 Å². The molecular weight excluding hydrogens is 304 g/mol. The topological polar surface area (TPSA) is 76.1 Å². The average molecular weight is 328 g/mol. The molecular formula is C18H24N4O2. The van der Waals surface area contributed by atoms with Crippen molar-refractivity contribution in [1.82, 2.24) is 9.97 Å².